The first-order valence-electron chi connectivity index (χ1n) is 11.0. The lowest BCUT2D eigenvalue weighted by Crippen LogP contribution is -2.54. The van der Waals surface area contributed by atoms with Crippen molar-refractivity contribution in [3.05, 3.63) is 63.7 Å². The maximum Gasteiger partial charge on any atom is 0.261 e. The molecule has 2 aromatic carbocycles. The highest BCUT2D eigenvalue weighted by atomic mass is 35.5. The van der Waals surface area contributed by atoms with Crippen LogP contribution in [0.15, 0.2) is 36.4 Å². The van der Waals surface area contributed by atoms with E-state index in [2.05, 4.69) is 11.4 Å². The minimum atomic E-state index is -0.610. The number of amides is 2. The maximum absolute atomic E-state index is 13.3. The van der Waals surface area contributed by atoms with E-state index in [-0.39, 0.29) is 18.4 Å². The molecule has 0 aliphatic rings. The highest BCUT2D eigenvalue weighted by Gasteiger charge is 2.31. The maximum atomic E-state index is 13.3. The van der Waals surface area contributed by atoms with Crippen molar-refractivity contribution in [1.29, 1.82) is 0 Å². The molecule has 1 N–H and O–H groups in total. The summed E-state index contributed by atoms with van der Waals surface area (Å²) in [5.74, 6) is 0.272. The van der Waals surface area contributed by atoms with Gasteiger partial charge in [0.2, 0.25) is 5.91 Å². The van der Waals surface area contributed by atoms with Gasteiger partial charge in [-0.25, -0.2) is 0 Å². The first kappa shape index (κ1) is 25.7. The number of ether oxygens (including phenoxy) is 1. The standard InChI is InChI=1S/C26H35ClN2O3/c1-8-22(25(31)28-26(5,6)7)29(15-20-9-11-21(27)12-10-20)24(30)16-32-23-14-17(2)13-18(3)19(23)4/h9-14,22H,8,15-16H2,1-7H3,(H,28,31)/t22-/m1/s1. The van der Waals surface area contributed by atoms with E-state index < -0.39 is 11.6 Å². The molecule has 32 heavy (non-hydrogen) atoms. The summed E-state index contributed by atoms with van der Waals surface area (Å²) in [5, 5.41) is 3.63. The number of benzene rings is 2. The topological polar surface area (TPSA) is 58.6 Å². The van der Waals surface area contributed by atoms with Crippen LogP contribution >= 0.6 is 11.6 Å². The van der Waals surface area contributed by atoms with Crippen LogP contribution in [-0.2, 0) is 16.1 Å². The Morgan fingerprint density at radius 3 is 2.28 bits per heavy atom. The van der Waals surface area contributed by atoms with Crippen LogP contribution in [0.5, 0.6) is 5.75 Å². The molecule has 0 spiro atoms. The molecule has 2 aromatic rings. The van der Waals surface area contributed by atoms with Crippen molar-refractivity contribution in [3.8, 4) is 5.75 Å². The molecule has 2 amide bonds. The molecule has 2 rings (SSSR count). The second-order valence-corrected chi connectivity index (χ2v) is 9.74. The van der Waals surface area contributed by atoms with Crippen LogP contribution in [0.4, 0.5) is 0 Å². The predicted octanol–water partition coefficient (Wildman–Crippen LogP) is 5.37. The second kappa shape index (κ2) is 10.9. The lowest BCUT2D eigenvalue weighted by Gasteiger charge is -2.33. The predicted molar refractivity (Wildman–Crippen MR) is 130 cm³/mol. The molecular weight excluding hydrogens is 424 g/mol. The van der Waals surface area contributed by atoms with E-state index in [1.807, 2.05) is 66.7 Å². The molecule has 5 nitrogen and oxygen atoms in total. The zero-order valence-corrected chi connectivity index (χ0v) is 21.0. The molecule has 0 bridgehead atoms. The number of halogens is 1. The van der Waals surface area contributed by atoms with Gasteiger partial charge in [0.15, 0.2) is 6.61 Å². The number of carbonyl (C=O) groups is 2. The van der Waals surface area contributed by atoms with Crippen LogP contribution < -0.4 is 10.1 Å². The number of carbonyl (C=O) groups excluding carboxylic acids is 2. The van der Waals surface area contributed by atoms with E-state index >= 15 is 0 Å². The molecule has 0 unspecified atom stereocenters. The van der Waals surface area contributed by atoms with Gasteiger partial charge in [-0.1, -0.05) is 36.7 Å². The van der Waals surface area contributed by atoms with E-state index in [1.54, 1.807) is 17.0 Å². The molecular formula is C26H35ClN2O3. The van der Waals surface area contributed by atoms with Crippen molar-refractivity contribution < 1.29 is 14.3 Å². The molecule has 0 aromatic heterocycles. The average Bonchev–Trinajstić information content (AvgIpc) is 2.69. The Morgan fingerprint density at radius 1 is 1.09 bits per heavy atom. The molecule has 6 heteroatoms. The Balaban J connectivity index is 2.28. The Labute approximate surface area is 197 Å². The van der Waals surface area contributed by atoms with Gasteiger partial charge in [0.1, 0.15) is 11.8 Å². The SMILES string of the molecule is CC[C@H](C(=O)NC(C)(C)C)N(Cc1ccc(Cl)cc1)C(=O)COc1cc(C)cc(C)c1C. The van der Waals surface area contributed by atoms with Crippen molar-refractivity contribution in [2.75, 3.05) is 6.61 Å². The highest BCUT2D eigenvalue weighted by molar-refractivity contribution is 6.30. The minimum Gasteiger partial charge on any atom is -0.483 e. The van der Waals surface area contributed by atoms with Gasteiger partial charge in [-0.05, 0) is 88.4 Å². The van der Waals surface area contributed by atoms with Gasteiger partial charge in [-0.3, -0.25) is 9.59 Å². The molecule has 0 heterocycles. The summed E-state index contributed by atoms with van der Waals surface area (Å²) in [5.41, 5.74) is 3.69. The Morgan fingerprint density at radius 2 is 1.72 bits per heavy atom. The van der Waals surface area contributed by atoms with E-state index in [4.69, 9.17) is 16.3 Å². The van der Waals surface area contributed by atoms with Crippen molar-refractivity contribution in [2.24, 2.45) is 0 Å². The summed E-state index contributed by atoms with van der Waals surface area (Å²) in [6.45, 7) is 13.8. The first-order valence-corrected chi connectivity index (χ1v) is 11.4. The van der Waals surface area contributed by atoms with Gasteiger partial charge < -0.3 is 15.0 Å². The van der Waals surface area contributed by atoms with E-state index in [0.29, 0.717) is 23.7 Å². The molecule has 0 aliphatic carbocycles. The van der Waals surface area contributed by atoms with Crippen LogP contribution in [0.1, 0.15) is 56.4 Å². The van der Waals surface area contributed by atoms with Crippen LogP contribution in [0.3, 0.4) is 0 Å². The quantitative estimate of drug-likeness (QED) is 0.578. The Hall–Kier alpha value is -2.53. The molecule has 0 saturated heterocycles. The highest BCUT2D eigenvalue weighted by Crippen LogP contribution is 2.24. The van der Waals surface area contributed by atoms with Crippen LogP contribution in [-0.4, -0.2) is 34.9 Å². The lowest BCUT2D eigenvalue weighted by atomic mass is 10.1. The monoisotopic (exact) mass is 458 g/mol. The van der Waals surface area contributed by atoms with E-state index in [1.165, 1.54) is 0 Å². The molecule has 0 radical (unpaired) electrons. The van der Waals surface area contributed by atoms with Gasteiger partial charge in [-0.15, -0.1) is 0 Å². The molecule has 0 saturated carbocycles. The summed E-state index contributed by atoms with van der Waals surface area (Å²) < 4.78 is 5.93. The molecule has 174 valence electrons. The zero-order chi connectivity index (χ0) is 24.1. The van der Waals surface area contributed by atoms with Crippen molar-refractivity contribution in [1.82, 2.24) is 10.2 Å². The van der Waals surface area contributed by atoms with Gasteiger partial charge in [-0.2, -0.15) is 0 Å². The van der Waals surface area contributed by atoms with Gasteiger partial charge in [0.25, 0.3) is 5.91 Å². The Kier molecular flexibility index (Phi) is 8.73. The number of rotatable bonds is 8. The molecule has 0 fully saturated rings. The normalized spacial score (nSPS) is 12.2. The van der Waals surface area contributed by atoms with Crippen molar-refractivity contribution in [2.45, 2.75) is 73.0 Å². The van der Waals surface area contributed by atoms with Crippen LogP contribution in [0.2, 0.25) is 5.02 Å². The van der Waals surface area contributed by atoms with E-state index in [9.17, 15) is 9.59 Å². The third-order valence-electron chi connectivity index (χ3n) is 5.27. The largest absolute Gasteiger partial charge is 0.483 e. The van der Waals surface area contributed by atoms with Crippen molar-refractivity contribution >= 4 is 23.4 Å². The third kappa shape index (κ3) is 7.27. The second-order valence-electron chi connectivity index (χ2n) is 9.31. The fourth-order valence-corrected chi connectivity index (χ4v) is 3.66. The minimum absolute atomic E-state index is 0.142. The summed E-state index contributed by atoms with van der Waals surface area (Å²) in [6.07, 6.45) is 0.490. The zero-order valence-electron chi connectivity index (χ0n) is 20.2. The fraction of sp³-hybridized carbons (Fsp3) is 0.462. The summed E-state index contributed by atoms with van der Waals surface area (Å²) in [4.78, 5) is 28.0. The third-order valence-corrected chi connectivity index (χ3v) is 5.52. The smallest absolute Gasteiger partial charge is 0.261 e. The number of aryl methyl sites for hydroxylation is 2. The summed E-state index contributed by atoms with van der Waals surface area (Å²) >= 11 is 6.02. The average molecular weight is 459 g/mol. The van der Waals surface area contributed by atoms with Crippen LogP contribution in [0, 0.1) is 20.8 Å². The van der Waals surface area contributed by atoms with Crippen molar-refractivity contribution in [3.63, 3.8) is 0 Å². The number of hydrogen-bond donors (Lipinski definition) is 1. The van der Waals surface area contributed by atoms with Gasteiger partial charge in [0.05, 0.1) is 0 Å². The molecule has 1 atom stereocenters. The van der Waals surface area contributed by atoms with Crippen LogP contribution in [0.25, 0.3) is 0 Å². The summed E-state index contributed by atoms with van der Waals surface area (Å²) in [6, 6.07) is 10.7. The van der Waals surface area contributed by atoms with Gasteiger partial charge in [0, 0.05) is 17.1 Å². The Bertz CT molecular complexity index is 949. The number of nitrogens with one attached hydrogen (secondary N) is 1. The summed E-state index contributed by atoms with van der Waals surface area (Å²) in [7, 11) is 0. The van der Waals surface area contributed by atoms with Gasteiger partial charge >= 0.3 is 0 Å². The molecule has 0 aliphatic heterocycles. The fourth-order valence-electron chi connectivity index (χ4n) is 3.53. The number of hydrogen-bond acceptors (Lipinski definition) is 3. The lowest BCUT2D eigenvalue weighted by molar-refractivity contribution is -0.143. The first-order chi connectivity index (χ1) is 14.9. The van der Waals surface area contributed by atoms with E-state index in [0.717, 1.165) is 22.3 Å². The number of nitrogens with zero attached hydrogens (tertiary/aromatic N) is 1.